The summed E-state index contributed by atoms with van der Waals surface area (Å²) in [5.41, 5.74) is 4.80. The summed E-state index contributed by atoms with van der Waals surface area (Å²) in [4.78, 5) is 29.5. The van der Waals surface area contributed by atoms with E-state index in [-0.39, 0.29) is 47.8 Å². The standard InChI is InChI=1S/C44H38N4O2/c49-43-39-41(35(29-13-3-1-4-14-29)25-37(45-39)33-23-11-19-27-17-7-9-21-31(27)33)47-42-36(30-15-5-2-6-16-30)26-38(46-40(42)44(50)48(43)47)34-24-12-20-28-18-8-10-22-32(28)34/h1-24,35-42,45-46H,25-26H2. The quantitative estimate of drug-likeness (QED) is 0.194. The second kappa shape index (κ2) is 11.7. The van der Waals surface area contributed by atoms with Crippen LogP contribution in [0.25, 0.3) is 21.5 Å². The van der Waals surface area contributed by atoms with Crippen LogP contribution in [0, 0.1) is 0 Å². The Morgan fingerprint density at radius 3 is 1.32 bits per heavy atom. The molecule has 4 heterocycles. The highest BCUT2D eigenvalue weighted by atomic mass is 16.2. The lowest BCUT2D eigenvalue weighted by Crippen LogP contribution is -2.60. The second-order valence-electron chi connectivity index (χ2n) is 14.4. The molecule has 4 aliphatic heterocycles. The minimum Gasteiger partial charge on any atom is -0.297 e. The predicted molar refractivity (Wildman–Crippen MR) is 196 cm³/mol. The van der Waals surface area contributed by atoms with Gasteiger partial charge in [-0.3, -0.25) is 20.2 Å². The van der Waals surface area contributed by atoms with E-state index in [1.54, 1.807) is 0 Å². The molecular weight excluding hydrogens is 617 g/mol. The number of amides is 2. The molecular formula is C44H38N4O2. The van der Waals surface area contributed by atoms with Gasteiger partial charge in [-0.1, -0.05) is 146 Å². The van der Waals surface area contributed by atoms with E-state index in [0.29, 0.717) is 0 Å². The van der Waals surface area contributed by atoms with Crippen molar-refractivity contribution in [2.24, 2.45) is 0 Å². The second-order valence-corrected chi connectivity index (χ2v) is 14.4. The number of piperidine rings is 2. The molecule has 246 valence electrons. The van der Waals surface area contributed by atoms with Crippen LogP contribution in [0.3, 0.4) is 0 Å². The maximum atomic E-state index is 14.7. The first kappa shape index (κ1) is 29.7. The number of nitrogens with zero attached hydrogens (tertiary/aromatic N) is 2. The van der Waals surface area contributed by atoms with Crippen molar-refractivity contribution in [1.29, 1.82) is 0 Å². The predicted octanol–water partition coefficient (Wildman–Crippen LogP) is 7.40. The number of carbonyl (C=O) groups is 2. The van der Waals surface area contributed by atoms with Gasteiger partial charge >= 0.3 is 0 Å². The van der Waals surface area contributed by atoms with Crippen molar-refractivity contribution in [2.45, 2.75) is 60.9 Å². The van der Waals surface area contributed by atoms with Crippen molar-refractivity contribution in [2.75, 3.05) is 0 Å². The number of fused-ring (bicyclic) bond motifs is 7. The molecule has 50 heavy (non-hydrogen) atoms. The maximum absolute atomic E-state index is 14.7. The van der Waals surface area contributed by atoms with Crippen molar-refractivity contribution in [3.8, 4) is 0 Å². The Morgan fingerprint density at radius 2 is 0.860 bits per heavy atom. The molecule has 8 atom stereocenters. The minimum absolute atomic E-state index is 0.0270. The molecule has 0 bridgehead atoms. The molecule has 4 fully saturated rings. The number of imide groups is 1. The SMILES string of the molecule is O=C1C2NC(c3cccc4ccccc34)CC(c3ccccc3)C2N2C3C(NC(c4cccc5ccccc45)CC3c3ccccc3)C(=O)N12. The van der Waals surface area contributed by atoms with Gasteiger partial charge in [-0.2, -0.15) is 5.01 Å². The highest BCUT2D eigenvalue weighted by Crippen LogP contribution is 2.52. The molecule has 0 aliphatic carbocycles. The Morgan fingerprint density at radius 1 is 0.460 bits per heavy atom. The highest BCUT2D eigenvalue weighted by Gasteiger charge is 2.66. The number of nitrogens with one attached hydrogen (secondary N) is 2. The summed E-state index contributed by atoms with van der Waals surface area (Å²) in [5, 5.41) is 16.2. The van der Waals surface area contributed by atoms with E-state index < -0.39 is 12.1 Å². The van der Waals surface area contributed by atoms with Gasteiger partial charge in [0, 0.05) is 23.9 Å². The summed E-state index contributed by atoms with van der Waals surface area (Å²) < 4.78 is 0. The average molecular weight is 655 g/mol. The summed E-state index contributed by atoms with van der Waals surface area (Å²) in [6.07, 6.45) is 1.62. The molecule has 0 radical (unpaired) electrons. The summed E-state index contributed by atoms with van der Waals surface area (Å²) in [6.45, 7) is 0. The van der Waals surface area contributed by atoms with Crippen molar-refractivity contribution in [1.82, 2.24) is 20.7 Å². The zero-order valence-corrected chi connectivity index (χ0v) is 27.6. The van der Waals surface area contributed by atoms with Crippen LogP contribution in [0.1, 0.15) is 59.0 Å². The van der Waals surface area contributed by atoms with E-state index in [2.05, 4.69) is 161 Å². The largest absolute Gasteiger partial charge is 0.297 e. The molecule has 6 aromatic carbocycles. The number of benzene rings is 6. The van der Waals surface area contributed by atoms with Gasteiger partial charge in [0.05, 0.1) is 12.1 Å². The Bertz CT molecular complexity index is 2090. The fourth-order valence-electron chi connectivity index (χ4n) is 9.80. The molecule has 8 unspecified atom stereocenters. The third-order valence-electron chi connectivity index (χ3n) is 11.9. The van der Waals surface area contributed by atoms with Crippen LogP contribution in [0.4, 0.5) is 0 Å². The van der Waals surface area contributed by atoms with E-state index in [1.807, 2.05) is 0 Å². The van der Waals surface area contributed by atoms with Gasteiger partial charge in [-0.15, -0.1) is 0 Å². The van der Waals surface area contributed by atoms with Gasteiger partial charge in [0.25, 0.3) is 11.8 Å². The van der Waals surface area contributed by atoms with Crippen molar-refractivity contribution in [3.63, 3.8) is 0 Å². The monoisotopic (exact) mass is 654 g/mol. The normalized spacial score (nSPS) is 29.2. The van der Waals surface area contributed by atoms with Crippen molar-refractivity contribution in [3.05, 3.63) is 168 Å². The summed E-state index contributed by atoms with van der Waals surface area (Å²) >= 11 is 0. The summed E-state index contributed by atoms with van der Waals surface area (Å²) in [6, 6.07) is 49.5. The lowest BCUT2D eigenvalue weighted by Gasteiger charge is -2.47. The average Bonchev–Trinajstić information content (AvgIpc) is 3.64. The third kappa shape index (κ3) is 4.52. The third-order valence-corrected chi connectivity index (χ3v) is 11.9. The van der Waals surface area contributed by atoms with Gasteiger partial charge < -0.3 is 0 Å². The van der Waals surface area contributed by atoms with E-state index in [9.17, 15) is 9.59 Å². The maximum Gasteiger partial charge on any atom is 0.262 e. The number of hydrazine groups is 1. The Balaban J connectivity index is 1.09. The van der Waals surface area contributed by atoms with Crippen LogP contribution in [0.15, 0.2) is 146 Å². The molecule has 4 aliphatic rings. The van der Waals surface area contributed by atoms with Crippen molar-refractivity contribution < 1.29 is 9.59 Å². The summed E-state index contributed by atoms with van der Waals surface area (Å²) in [5.74, 6) is -0.232. The zero-order valence-electron chi connectivity index (χ0n) is 27.6. The Labute approximate surface area is 291 Å². The van der Waals surface area contributed by atoms with Crippen LogP contribution < -0.4 is 10.6 Å². The molecule has 0 aromatic heterocycles. The minimum atomic E-state index is -0.518. The van der Waals surface area contributed by atoms with Gasteiger partial charge in [0.1, 0.15) is 12.1 Å². The lowest BCUT2D eigenvalue weighted by molar-refractivity contribution is -0.151. The lowest BCUT2D eigenvalue weighted by atomic mass is 9.73. The Kier molecular flexibility index (Phi) is 6.98. The first-order valence-corrected chi connectivity index (χ1v) is 17.9. The molecule has 6 aromatic rings. The molecule has 0 spiro atoms. The topological polar surface area (TPSA) is 64.7 Å². The van der Waals surface area contributed by atoms with Gasteiger partial charge in [-0.25, -0.2) is 5.01 Å². The Hall–Kier alpha value is -5.14. The summed E-state index contributed by atoms with van der Waals surface area (Å²) in [7, 11) is 0. The van der Waals surface area contributed by atoms with Crippen LogP contribution in [0.5, 0.6) is 0 Å². The first-order valence-electron chi connectivity index (χ1n) is 17.9. The van der Waals surface area contributed by atoms with Crippen LogP contribution in [-0.4, -0.2) is 46.0 Å². The highest BCUT2D eigenvalue weighted by molar-refractivity contribution is 6.04. The zero-order chi connectivity index (χ0) is 33.3. The van der Waals surface area contributed by atoms with Gasteiger partial charge in [0.2, 0.25) is 0 Å². The van der Waals surface area contributed by atoms with Gasteiger partial charge in [0.15, 0.2) is 0 Å². The number of hydrogen-bond acceptors (Lipinski definition) is 5. The number of hydrogen-bond donors (Lipinski definition) is 2. The molecule has 6 nitrogen and oxygen atoms in total. The van der Waals surface area contributed by atoms with Crippen LogP contribution in [-0.2, 0) is 9.59 Å². The van der Waals surface area contributed by atoms with Gasteiger partial charge in [-0.05, 0) is 56.6 Å². The van der Waals surface area contributed by atoms with E-state index in [4.69, 9.17) is 0 Å². The van der Waals surface area contributed by atoms with Crippen LogP contribution in [0.2, 0.25) is 0 Å². The molecule has 10 rings (SSSR count). The smallest absolute Gasteiger partial charge is 0.262 e. The van der Waals surface area contributed by atoms with Crippen LogP contribution >= 0.6 is 0 Å². The molecule has 0 saturated carbocycles. The fraction of sp³-hybridized carbons (Fsp3) is 0.227. The molecule has 6 heteroatoms. The van der Waals surface area contributed by atoms with Crippen molar-refractivity contribution >= 4 is 33.4 Å². The first-order chi connectivity index (χ1) is 24.7. The van der Waals surface area contributed by atoms with E-state index in [0.717, 1.165) is 12.8 Å². The molecule has 2 amide bonds. The number of carbonyl (C=O) groups excluding carboxylic acids is 2. The molecule has 4 saturated heterocycles. The number of rotatable bonds is 4. The van der Waals surface area contributed by atoms with E-state index in [1.165, 1.54) is 48.8 Å². The molecule has 2 N–H and O–H groups in total. The van der Waals surface area contributed by atoms with E-state index >= 15 is 0 Å². The fourth-order valence-corrected chi connectivity index (χ4v) is 9.80.